The number of carbonyl (C=O) groups excluding carboxylic acids is 1. The van der Waals surface area contributed by atoms with Crippen LogP contribution in [0.2, 0.25) is 0 Å². The van der Waals surface area contributed by atoms with Gasteiger partial charge >= 0.3 is 0 Å². The first-order valence-electron chi connectivity index (χ1n) is 8.80. The SMILES string of the molecule is COc1ccccc1NC(=O)C1CCN(c2c(C#N)cccc2C#N)CC1. The van der Waals surface area contributed by atoms with Gasteiger partial charge in [0, 0.05) is 19.0 Å². The second-order valence-electron chi connectivity index (χ2n) is 6.38. The third-order valence-electron chi connectivity index (χ3n) is 4.82. The average Bonchev–Trinajstić information content (AvgIpc) is 2.73. The first kappa shape index (κ1) is 18.3. The molecule has 0 radical (unpaired) electrons. The number of nitrogens with zero attached hydrogens (tertiary/aromatic N) is 3. The fourth-order valence-corrected chi connectivity index (χ4v) is 3.41. The molecule has 136 valence electrons. The van der Waals surface area contributed by atoms with E-state index < -0.39 is 0 Å². The highest BCUT2D eigenvalue weighted by Crippen LogP contribution is 2.30. The number of methoxy groups -OCH3 is 1. The normalized spacial score (nSPS) is 14.1. The summed E-state index contributed by atoms with van der Waals surface area (Å²) in [6, 6.07) is 16.8. The fourth-order valence-electron chi connectivity index (χ4n) is 3.41. The van der Waals surface area contributed by atoms with Crippen LogP contribution in [0.5, 0.6) is 5.75 Å². The van der Waals surface area contributed by atoms with Crippen LogP contribution in [0.3, 0.4) is 0 Å². The Labute approximate surface area is 158 Å². The van der Waals surface area contributed by atoms with Gasteiger partial charge in [-0.3, -0.25) is 4.79 Å². The summed E-state index contributed by atoms with van der Waals surface area (Å²) >= 11 is 0. The molecule has 0 aromatic heterocycles. The van der Waals surface area contributed by atoms with Crippen molar-refractivity contribution in [1.29, 1.82) is 10.5 Å². The fraction of sp³-hybridized carbons (Fsp3) is 0.286. The number of piperidine rings is 1. The van der Waals surface area contributed by atoms with Crippen LogP contribution in [0.15, 0.2) is 42.5 Å². The van der Waals surface area contributed by atoms with Crippen molar-refractivity contribution in [3.63, 3.8) is 0 Å². The predicted molar refractivity (Wildman–Crippen MR) is 102 cm³/mol. The highest BCUT2D eigenvalue weighted by Gasteiger charge is 2.27. The zero-order valence-corrected chi connectivity index (χ0v) is 15.1. The highest BCUT2D eigenvalue weighted by atomic mass is 16.5. The third-order valence-corrected chi connectivity index (χ3v) is 4.82. The largest absolute Gasteiger partial charge is 0.495 e. The van der Waals surface area contributed by atoms with E-state index in [0.717, 1.165) is 0 Å². The molecule has 2 aromatic rings. The van der Waals surface area contributed by atoms with Gasteiger partial charge in [-0.25, -0.2) is 0 Å². The molecule has 0 unspecified atom stereocenters. The number of hydrogen-bond donors (Lipinski definition) is 1. The van der Waals surface area contributed by atoms with Gasteiger partial charge in [0.1, 0.15) is 17.9 Å². The molecule has 0 aliphatic carbocycles. The number of carbonyl (C=O) groups is 1. The topological polar surface area (TPSA) is 89.2 Å². The predicted octanol–water partition coefficient (Wildman–Crippen LogP) is 3.29. The van der Waals surface area contributed by atoms with Crippen molar-refractivity contribution in [2.45, 2.75) is 12.8 Å². The van der Waals surface area contributed by atoms with Crippen molar-refractivity contribution in [3.8, 4) is 17.9 Å². The number of para-hydroxylation sites is 3. The minimum Gasteiger partial charge on any atom is -0.495 e. The Kier molecular flexibility index (Phi) is 5.58. The van der Waals surface area contributed by atoms with E-state index in [1.54, 1.807) is 31.4 Å². The number of amides is 1. The van der Waals surface area contributed by atoms with Gasteiger partial charge in [0.2, 0.25) is 5.91 Å². The van der Waals surface area contributed by atoms with Gasteiger partial charge in [0.15, 0.2) is 0 Å². The van der Waals surface area contributed by atoms with Crippen molar-refractivity contribution in [3.05, 3.63) is 53.6 Å². The third kappa shape index (κ3) is 3.86. The van der Waals surface area contributed by atoms with Crippen LogP contribution < -0.4 is 15.0 Å². The van der Waals surface area contributed by atoms with E-state index in [1.165, 1.54) is 0 Å². The number of anilines is 2. The molecular weight excluding hydrogens is 340 g/mol. The Morgan fingerprint density at radius 1 is 1.07 bits per heavy atom. The molecule has 6 heteroatoms. The molecule has 1 saturated heterocycles. The van der Waals surface area contributed by atoms with Gasteiger partial charge in [-0.15, -0.1) is 0 Å². The second-order valence-corrected chi connectivity index (χ2v) is 6.38. The van der Waals surface area contributed by atoms with Gasteiger partial charge in [-0.05, 0) is 37.1 Å². The van der Waals surface area contributed by atoms with Crippen molar-refractivity contribution in [1.82, 2.24) is 0 Å². The van der Waals surface area contributed by atoms with E-state index >= 15 is 0 Å². The summed E-state index contributed by atoms with van der Waals surface area (Å²) in [6.07, 6.45) is 1.32. The molecule has 0 saturated carbocycles. The van der Waals surface area contributed by atoms with Crippen molar-refractivity contribution in [2.75, 3.05) is 30.4 Å². The molecular formula is C21H20N4O2. The summed E-state index contributed by atoms with van der Waals surface area (Å²) in [5.74, 6) is 0.476. The molecule has 3 rings (SSSR count). The monoisotopic (exact) mass is 360 g/mol. The Morgan fingerprint density at radius 3 is 2.30 bits per heavy atom. The zero-order chi connectivity index (χ0) is 19.2. The van der Waals surface area contributed by atoms with Gasteiger partial charge < -0.3 is 15.0 Å². The van der Waals surface area contributed by atoms with Crippen molar-refractivity contribution in [2.24, 2.45) is 5.92 Å². The van der Waals surface area contributed by atoms with E-state index in [4.69, 9.17) is 4.74 Å². The summed E-state index contributed by atoms with van der Waals surface area (Å²) in [5.41, 5.74) is 2.32. The Hall–Kier alpha value is -3.51. The Balaban J connectivity index is 1.69. The minimum atomic E-state index is -0.119. The molecule has 1 aliphatic heterocycles. The second kappa shape index (κ2) is 8.25. The first-order chi connectivity index (χ1) is 13.2. The minimum absolute atomic E-state index is 0.0341. The van der Waals surface area contributed by atoms with Gasteiger partial charge in [0.25, 0.3) is 0 Å². The first-order valence-corrected chi connectivity index (χ1v) is 8.80. The van der Waals surface area contributed by atoms with Crippen LogP contribution in [0.25, 0.3) is 0 Å². The molecule has 6 nitrogen and oxygen atoms in total. The van der Waals surface area contributed by atoms with Gasteiger partial charge in [-0.1, -0.05) is 18.2 Å². The maximum Gasteiger partial charge on any atom is 0.227 e. The maximum absolute atomic E-state index is 12.6. The lowest BCUT2D eigenvalue weighted by Gasteiger charge is -2.34. The highest BCUT2D eigenvalue weighted by molar-refractivity contribution is 5.94. The number of nitriles is 2. The van der Waals surface area contributed by atoms with E-state index in [-0.39, 0.29) is 11.8 Å². The average molecular weight is 360 g/mol. The molecule has 27 heavy (non-hydrogen) atoms. The summed E-state index contributed by atoms with van der Waals surface area (Å²) in [4.78, 5) is 14.7. The molecule has 1 aliphatic rings. The lowest BCUT2D eigenvalue weighted by molar-refractivity contribution is -0.120. The Morgan fingerprint density at radius 2 is 1.70 bits per heavy atom. The quantitative estimate of drug-likeness (QED) is 0.904. The van der Waals surface area contributed by atoms with E-state index in [9.17, 15) is 15.3 Å². The maximum atomic E-state index is 12.6. The van der Waals surface area contributed by atoms with Gasteiger partial charge in [-0.2, -0.15) is 10.5 Å². The lowest BCUT2D eigenvalue weighted by Crippen LogP contribution is -2.39. The van der Waals surface area contributed by atoms with Crippen molar-refractivity contribution >= 4 is 17.3 Å². The molecule has 0 atom stereocenters. The van der Waals surface area contributed by atoms with Crippen LogP contribution in [-0.4, -0.2) is 26.1 Å². The van der Waals surface area contributed by atoms with Crippen LogP contribution in [0.4, 0.5) is 11.4 Å². The Bertz CT molecular complexity index is 886. The molecule has 1 amide bonds. The summed E-state index contributed by atoms with van der Waals surface area (Å²) in [6.45, 7) is 1.24. The number of nitrogens with one attached hydrogen (secondary N) is 1. The number of hydrogen-bond acceptors (Lipinski definition) is 5. The summed E-state index contributed by atoms with van der Waals surface area (Å²) in [7, 11) is 1.57. The summed E-state index contributed by atoms with van der Waals surface area (Å²) in [5, 5.41) is 21.7. The van der Waals surface area contributed by atoms with E-state index in [2.05, 4.69) is 17.5 Å². The van der Waals surface area contributed by atoms with Crippen LogP contribution in [0, 0.1) is 28.6 Å². The number of ether oxygens (including phenoxy) is 1. The van der Waals surface area contributed by atoms with Crippen LogP contribution in [-0.2, 0) is 4.79 Å². The number of rotatable bonds is 4. The molecule has 0 spiro atoms. The van der Waals surface area contributed by atoms with Crippen molar-refractivity contribution < 1.29 is 9.53 Å². The molecule has 1 heterocycles. The summed E-state index contributed by atoms with van der Waals surface area (Å²) < 4.78 is 5.28. The zero-order valence-electron chi connectivity index (χ0n) is 15.1. The van der Waals surface area contributed by atoms with E-state index in [1.807, 2.05) is 23.1 Å². The van der Waals surface area contributed by atoms with Gasteiger partial charge in [0.05, 0.1) is 29.6 Å². The lowest BCUT2D eigenvalue weighted by atomic mass is 9.94. The van der Waals surface area contributed by atoms with E-state index in [0.29, 0.717) is 54.2 Å². The van der Waals surface area contributed by atoms with Crippen LogP contribution in [0.1, 0.15) is 24.0 Å². The number of benzene rings is 2. The molecule has 0 bridgehead atoms. The standard InChI is InChI=1S/C21H20N4O2/c1-27-19-8-3-2-7-18(19)24-21(26)15-9-11-25(12-10-15)20-16(13-22)5-4-6-17(20)14-23/h2-8,15H,9-12H2,1H3,(H,24,26). The van der Waals surface area contributed by atoms with Crippen LogP contribution >= 0.6 is 0 Å². The molecule has 2 aromatic carbocycles. The molecule has 1 fully saturated rings. The molecule has 1 N–H and O–H groups in total. The smallest absolute Gasteiger partial charge is 0.227 e.